The topological polar surface area (TPSA) is 9.86 Å². The Bertz CT molecular complexity index is 2180. The maximum atomic E-state index is 2.51. The summed E-state index contributed by atoms with van der Waals surface area (Å²) >= 11 is 0. The Morgan fingerprint density at radius 3 is 1.23 bits per heavy atom. The molecule has 0 radical (unpaired) electrons. The Labute approximate surface area is 225 Å². The fourth-order valence-electron chi connectivity index (χ4n) is 7.98. The standard InChI is InChI=1S/C37H22N2/c1-5-19-31-23(11-1)25-13-9-17-29-35(25)38(31)33-21-7-3-15-27(33)37(29)28-16-4-8-22-34(28)39-32-20-6-2-12-24(32)26-14-10-18-30(37)36(26)39/h1-22H. The van der Waals surface area contributed by atoms with E-state index in [0.29, 0.717) is 0 Å². The molecule has 0 bridgehead atoms. The van der Waals surface area contributed by atoms with Crippen LogP contribution in [0.2, 0.25) is 0 Å². The van der Waals surface area contributed by atoms with Crippen molar-refractivity contribution in [2.45, 2.75) is 5.41 Å². The Balaban J connectivity index is 1.54. The highest BCUT2D eigenvalue weighted by atomic mass is 15.0. The molecule has 0 aliphatic carbocycles. The van der Waals surface area contributed by atoms with E-state index in [4.69, 9.17) is 0 Å². The van der Waals surface area contributed by atoms with Gasteiger partial charge in [0, 0.05) is 21.5 Å². The van der Waals surface area contributed by atoms with Crippen molar-refractivity contribution in [2.75, 3.05) is 0 Å². The molecular weight excluding hydrogens is 472 g/mol. The number of rotatable bonds is 0. The lowest BCUT2D eigenvalue weighted by Crippen LogP contribution is -2.38. The second kappa shape index (κ2) is 6.67. The van der Waals surface area contributed by atoms with Crippen LogP contribution >= 0.6 is 0 Å². The van der Waals surface area contributed by atoms with E-state index in [1.807, 2.05) is 0 Å². The Kier molecular flexibility index (Phi) is 3.41. The highest BCUT2D eigenvalue weighted by molar-refractivity contribution is 6.15. The normalized spacial score (nSPS) is 14.4. The van der Waals surface area contributed by atoms with Crippen molar-refractivity contribution in [3.05, 3.63) is 156 Å². The fraction of sp³-hybridized carbons (Fsp3) is 0.0270. The van der Waals surface area contributed by atoms with Gasteiger partial charge in [0.1, 0.15) is 0 Å². The van der Waals surface area contributed by atoms with Crippen LogP contribution in [0.15, 0.2) is 133 Å². The van der Waals surface area contributed by atoms with Crippen molar-refractivity contribution in [3.8, 4) is 11.4 Å². The molecule has 10 rings (SSSR count). The van der Waals surface area contributed by atoms with Crippen molar-refractivity contribution in [1.29, 1.82) is 0 Å². The third-order valence-electron chi connectivity index (χ3n) is 9.30. The van der Waals surface area contributed by atoms with Crippen molar-refractivity contribution in [3.63, 3.8) is 0 Å². The summed E-state index contributed by atoms with van der Waals surface area (Å²) in [7, 11) is 0. The van der Waals surface area contributed by atoms with Gasteiger partial charge in [0.05, 0.1) is 38.9 Å². The molecule has 0 atom stereocenters. The van der Waals surface area contributed by atoms with Gasteiger partial charge in [-0.1, -0.05) is 109 Å². The lowest BCUT2D eigenvalue weighted by molar-refractivity contribution is 0.713. The minimum absolute atomic E-state index is 0.443. The quantitative estimate of drug-likeness (QED) is 0.199. The Morgan fingerprint density at radius 1 is 0.333 bits per heavy atom. The predicted octanol–water partition coefficient (Wildman–Crippen LogP) is 8.89. The van der Waals surface area contributed by atoms with Gasteiger partial charge >= 0.3 is 0 Å². The second-order valence-electron chi connectivity index (χ2n) is 10.9. The smallest absolute Gasteiger partial charge is 0.0783 e. The average molecular weight is 495 g/mol. The van der Waals surface area contributed by atoms with Crippen LogP contribution in [0, 0.1) is 0 Å². The summed E-state index contributed by atoms with van der Waals surface area (Å²) in [6, 6.07) is 49.7. The van der Waals surface area contributed by atoms with E-state index in [0.717, 1.165) is 0 Å². The molecule has 39 heavy (non-hydrogen) atoms. The van der Waals surface area contributed by atoms with Gasteiger partial charge in [-0.05, 0) is 46.5 Å². The molecule has 0 saturated heterocycles. The number of hydrogen-bond donors (Lipinski definition) is 0. The van der Waals surface area contributed by atoms with Crippen LogP contribution in [0.4, 0.5) is 0 Å². The SMILES string of the molecule is c1ccc2c(c1)-n1c3ccccc3c3cccc(c31)C21c2ccccc2-n2c3ccccc3c3cccc1c32. The summed E-state index contributed by atoms with van der Waals surface area (Å²) in [6.07, 6.45) is 0. The van der Waals surface area contributed by atoms with Gasteiger partial charge in [-0.25, -0.2) is 0 Å². The first-order chi connectivity index (χ1) is 19.4. The Hall–Kier alpha value is -5.08. The minimum Gasteiger partial charge on any atom is -0.309 e. The molecule has 4 heterocycles. The van der Waals surface area contributed by atoms with Gasteiger partial charge in [-0.2, -0.15) is 0 Å². The van der Waals surface area contributed by atoms with Crippen molar-refractivity contribution in [1.82, 2.24) is 9.13 Å². The molecule has 0 unspecified atom stereocenters. The van der Waals surface area contributed by atoms with Crippen LogP contribution in [-0.4, -0.2) is 9.13 Å². The van der Waals surface area contributed by atoms with E-state index >= 15 is 0 Å². The van der Waals surface area contributed by atoms with Crippen molar-refractivity contribution >= 4 is 43.6 Å². The van der Waals surface area contributed by atoms with E-state index < -0.39 is 5.41 Å². The maximum Gasteiger partial charge on any atom is 0.0783 e. The first-order valence-electron chi connectivity index (χ1n) is 13.6. The van der Waals surface area contributed by atoms with Crippen LogP contribution < -0.4 is 0 Å². The monoisotopic (exact) mass is 494 g/mol. The number of nitrogens with zero attached hydrogens (tertiary/aromatic N) is 2. The molecule has 0 fully saturated rings. The number of para-hydroxylation sites is 6. The maximum absolute atomic E-state index is 2.51. The predicted molar refractivity (Wildman–Crippen MR) is 161 cm³/mol. The molecule has 0 N–H and O–H groups in total. The van der Waals surface area contributed by atoms with Crippen LogP contribution in [-0.2, 0) is 5.41 Å². The summed E-state index contributed by atoms with van der Waals surface area (Å²) in [6.45, 7) is 0. The van der Waals surface area contributed by atoms with Gasteiger partial charge in [0.2, 0.25) is 0 Å². The fourth-order valence-corrected chi connectivity index (χ4v) is 7.98. The molecule has 2 nitrogen and oxygen atoms in total. The zero-order chi connectivity index (χ0) is 25.3. The van der Waals surface area contributed by atoms with E-state index in [2.05, 4.69) is 143 Å². The van der Waals surface area contributed by atoms with Gasteiger partial charge in [0.15, 0.2) is 0 Å². The number of benzene rings is 6. The van der Waals surface area contributed by atoms with Crippen molar-refractivity contribution in [2.24, 2.45) is 0 Å². The van der Waals surface area contributed by atoms with Crippen molar-refractivity contribution < 1.29 is 0 Å². The molecule has 8 aromatic rings. The summed E-state index contributed by atoms with van der Waals surface area (Å²) < 4.78 is 5.01. The summed E-state index contributed by atoms with van der Waals surface area (Å²) in [5, 5.41) is 5.23. The van der Waals surface area contributed by atoms with E-state index in [1.54, 1.807) is 0 Å². The van der Waals surface area contributed by atoms with Crippen LogP contribution in [0.5, 0.6) is 0 Å². The van der Waals surface area contributed by atoms with Crippen LogP contribution in [0.25, 0.3) is 55.0 Å². The molecule has 2 heteroatoms. The lowest BCUT2D eigenvalue weighted by Gasteiger charge is -2.45. The number of aromatic nitrogens is 2. The van der Waals surface area contributed by atoms with E-state index in [9.17, 15) is 0 Å². The largest absolute Gasteiger partial charge is 0.309 e. The van der Waals surface area contributed by atoms with Gasteiger partial charge in [-0.3, -0.25) is 0 Å². The second-order valence-corrected chi connectivity index (χ2v) is 10.9. The molecule has 2 aromatic heterocycles. The molecule has 1 spiro atoms. The zero-order valence-electron chi connectivity index (χ0n) is 21.1. The first-order valence-corrected chi connectivity index (χ1v) is 13.6. The molecule has 2 aliphatic heterocycles. The highest BCUT2D eigenvalue weighted by Crippen LogP contribution is 2.59. The molecule has 6 aromatic carbocycles. The van der Waals surface area contributed by atoms with Crippen LogP contribution in [0.1, 0.15) is 22.3 Å². The van der Waals surface area contributed by atoms with Gasteiger partial charge in [0.25, 0.3) is 0 Å². The molecule has 180 valence electrons. The molecular formula is C37H22N2. The third-order valence-corrected chi connectivity index (χ3v) is 9.30. The highest BCUT2D eigenvalue weighted by Gasteiger charge is 2.49. The molecule has 2 aliphatic rings. The average Bonchev–Trinajstić information content (AvgIpc) is 3.52. The summed E-state index contributed by atoms with van der Waals surface area (Å²) in [4.78, 5) is 0. The summed E-state index contributed by atoms with van der Waals surface area (Å²) in [5.74, 6) is 0. The molecule has 0 amide bonds. The number of fused-ring (bicyclic) bond motifs is 14. The molecule has 0 saturated carbocycles. The number of hydrogen-bond acceptors (Lipinski definition) is 0. The minimum atomic E-state index is -0.443. The lowest BCUT2D eigenvalue weighted by atomic mass is 9.61. The third kappa shape index (κ3) is 2.08. The van der Waals surface area contributed by atoms with E-state index in [1.165, 1.54) is 77.2 Å². The summed E-state index contributed by atoms with van der Waals surface area (Å²) in [5.41, 5.74) is 12.6. The Morgan fingerprint density at radius 2 is 0.718 bits per heavy atom. The van der Waals surface area contributed by atoms with Crippen LogP contribution in [0.3, 0.4) is 0 Å². The first kappa shape index (κ1) is 20.0. The van der Waals surface area contributed by atoms with Gasteiger partial charge < -0.3 is 9.13 Å². The van der Waals surface area contributed by atoms with Gasteiger partial charge in [-0.15, -0.1) is 0 Å². The zero-order valence-corrected chi connectivity index (χ0v) is 21.1. The van der Waals surface area contributed by atoms with E-state index in [-0.39, 0.29) is 0 Å².